The first kappa shape index (κ1) is 10.9. The standard InChI is InChI=1S/C11H18ClN3/c1-3-5-9(4-2)15-10(8-6-7-8)13-14-11(15)12/h8-9H,3-7H2,1-2H3. The zero-order valence-corrected chi connectivity index (χ0v) is 10.2. The second-order valence-corrected chi connectivity index (χ2v) is 4.66. The predicted molar refractivity (Wildman–Crippen MR) is 61.2 cm³/mol. The normalized spacial score (nSPS) is 18.1. The highest BCUT2D eigenvalue weighted by Crippen LogP contribution is 2.41. The van der Waals surface area contributed by atoms with Crippen molar-refractivity contribution in [3.8, 4) is 0 Å². The molecule has 0 bridgehead atoms. The largest absolute Gasteiger partial charge is 0.298 e. The number of halogens is 1. The van der Waals surface area contributed by atoms with Crippen molar-refractivity contribution in [2.75, 3.05) is 0 Å². The van der Waals surface area contributed by atoms with Crippen molar-refractivity contribution in [2.45, 2.75) is 57.9 Å². The Morgan fingerprint density at radius 2 is 2.13 bits per heavy atom. The third-order valence-electron chi connectivity index (χ3n) is 3.08. The van der Waals surface area contributed by atoms with E-state index in [4.69, 9.17) is 11.6 Å². The van der Waals surface area contributed by atoms with Crippen LogP contribution in [0.25, 0.3) is 0 Å². The van der Waals surface area contributed by atoms with Crippen LogP contribution in [0.3, 0.4) is 0 Å². The molecule has 0 amide bonds. The highest BCUT2D eigenvalue weighted by molar-refractivity contribution is 6.28. The van der Waals surface area contributed by atoms with Gasteiger partial charge in [-0.15, -0.1) is 10.2 Å². The molecule has 0 saturated heterocycles. The zero-order chi connectivity index (χ0) is 10.8. The maximum Gasteiger partial charge on any atom is 0.225 e. The van der Waals surface area contributed by atoms with Gasteiger partial charge in [-0.25, -0.2) is 0 Å². The fraction of sp³-hybridized carbons (Fsp3) is 0.818. The highest BCUT2D eigenvalue weighted by Gasteiger charge is 2.31. The molecule has 0 aliphatic heterocycles. The Labute approximate surface area is 95.8 Å². The molecule has 15 heavy (non-hydrogen) atoms. The molecule has 0 radical (unpaired) electrons. The third-order valence-corrected chi connectivity index (χ3v) is 3.34. The molecule has 84 valence electrons. The van der Waals surface area contributed by atoms with Crippen LogP contribution in [0.5, 0.6) is 0 Å². The summed E-state index contributed by atoms with van der Waals surface area (Å²) in [6, 6.07) is 0.480. The fourth-order valence-corrected chi connectivity index (χ4v) is 2.35. The summed E-state index contributed by atoms with van der Waals surface area (Å²) in [5, 5.41) is 8.78. The summed E-state index contributed by atoms with van der Waals surface area (Å²) >= 11 is 6.12. The molecule has 1 atom stereocenters. The number of rotatable bonds is 5. The molecule has 3 nitrogen and oxygen atoms in total. The van der Waals surface area contributed by atoms with Gasteiger partial charge in [-0.2, -0.15) is 0 Å². The highest BCUT2D eigenvalue weighted by atomic mass is 35.5. The van der Waals surface area contributed by atoms with Crippen molar-refractivity contribution in [2.24, 2.45) is 0 Å². The minimum atomic E-state index is 0.480. The van der Waals surface area contributed by atoms with E-state index in [0.29, 0.717) is 17.2 Å². The van der Waals surface area contributed by atoms with Crippen molar-refractivity contribution in [1.82, 2.24) is 14.8 Å². The van der Waals surface area contributed by atoms with Gasteiger partial charge in [-0.05, 0) is 37.3 Å². The molecule has 1 saturated carbocycles. The lowest BCUT2D eigenvalue weighted by atomic mass is 10.1. The molecule has 0 spiro atoms. The summed E-state index contributed by atoms with van der Waals surface area (Å²) in [6.45, 7) is 4.41. The van der Waals surface area contributed by atoms with Crippen LogP contribution < -0.4 is 0 Å². The zero-order valence-electron chi connectivity index (χ0n) is 9.41. The van der Waals surface area contributed by atoms with Gasteiger partial charge in [0.25, 0.3) is 0 Å². The Kier molecular flexibility index (Phi) is 3.29. The van der Waals surface area contributed by atoms with Gasteiger partial charge < -0.3 is 0 Å². The van der Waals surface area contributed by atoms with E-state index in [2.05, 4.69) is 28.6 Å². The van der Waals surface area contributed by atoms with Crippen LogP contribution in [0.4, 0.5) is 0 Å². The fourth-order valence-electron chi connectivity index (χ4n) is 2.09. The van der Waals surface area contributed by atoms with Crippen LogP contribution in [-0.2, 0) is 0 Å². The van der Waals surface area contributed by atoms with Gasteiger partial charge in [0.1, 0.15) is 5.82 Å². The van der Waals surface area contributed by atoms with Crippen molar-refractivity contribution < 1.29 is 0 Å². The molecule has 4 heteroatoms. The van der Waals surface area contributed by atoms with E-state index in [1.165, 1.54) is 19.3 Å². The quantitative estimate of drug-likeness (QED) is 0.770. The molecule has 1 aliphatic rings. The topological polar surface area (TPSA) is 30.7 Å². The lowest BCUT2D eigenvalue weighted by molar-refractivity contribution is 0.433. The van der Waals surface area contributed by atoms with E-state index in [9.17, 15) is 0 Å². The van der Waals surface area contributed by atoms with Gasteiger partial charge in [0, 0.05) is 12.0 Å². The van der Waals surface area contributed by atoms with Gasteiger partial charge in [0.05, 0.1) is 0 Å². The monoisotopic (exact) mass is 227 g/mol. The van der Waals surface area contributed by atoms with Gasteiger partial charge in [-0.3, -0.25) is 4.57 Å². The van der Waals surface area contributed by atoms with E-state index in [-0.39, 0.29) is 0 Å². The van der Waals surface area contributed by atoms with Crippen LogP contribution in [0.15, 0.2) is 0 Å². The lowest BCUT2D eigenvalue weighted by Gasteiger charge is -2.18. The second kappa shape index (κ2) is 4.52. The summed E-state index contributed by atoms with van der Waals surface area (Å²) in [7, 11) is 0. The van der Waals surface area contributed by atoms with Crippen molar-refractivity contribution in [3.63, 3.8) is 0 Å². The van der Waals surface area contributed by atoms with Crippen molar-refractivity contribution in [3.05, 3.63) is 11.1 Å². The van der Waals surface area contributed by atoms with Gasteiger partial charge >= 0.3 is 0 Å². The molecular formula is C11H18ClN3. The van der Waals surface area contributed by atoms with Crippen LogP contribution in [0.2, 0.25) is 5.28 Å². The smallest absolute Gasteiger partial charge is 0.225 e. The molecule has 1 unspecified atom stereocenters. The number of aromatic nitrogens is 3. The van der Waals surface area contributed by atoms with E-state index >= 15 is 0 Å². The lowest BCUT2D eigenvalue weighted by Crippen LogP contribution is -2.11. The Bertz CT molecular complexity index is 331. The molecule has 1 aliphatic carbocycles. The van der Waals surface area contributed by atoms with Gasteiger partial charge in [0.15, 0.2) is 0 Å². The molecular weight excluding hydrogens is 210 g/mol. The van der Waals surface area contributed by atoms with E-state index in [0.717, 1.165) is 18.7 Å². The summed E-state index contributed by atoms with van der Waals surface area (Å²) in [5.41, 5.74) is 0. The maximum absolute atomic E-state index is 6.12. The van der Waals surface area contributed by atoms with Crippen LogP contribution in [0.1, 0.15) is 63.7 Å². The summed E-state index contributed by atoms with van der Waals surface area (Å²) in [4.78, 5) is 0. The maximum atomic E-state index is 6.12. The average Bonchev–Trinajstić information content (AvgIpc) is 3.00. The SMILES string of the molecule is CCCC(CC)n1c(Cl)nnc1C1CC1. The van der Waals surface area contributed by atoms with Crippen LogP contribution >= 0.6 is 11.6 Å². The predicted octanol–water partition coefficient (Wildman–Crippen LogP) is 3.56. The Morgan fingerprint density at radius 3 is 2.67 bits per heavy atom. The Morgan fingerprint density at radius 1 is 1.40 bits per heavy atom. The molecule has 0 N–H and O–H groups in total. The summed E-state index contributed by atoms with van der Waals surface area (Å²) < 4.78 is 2.16. The van der Waals surface area contributed by atoms with E-state index in [1.54, 1.807) is 0 Å². The van der Waals surface area contributed by atoms with E-state index in [1.807, 2.05) is 0 Å². The van der Waals surface area contributed by atoms with Crippen molar-refractivity contribution >= 4 is 11.6 Å². The molecule has 1 aromatic rings. The number of hydrogen-bond acceptors (Lipinski definition) is 2. The first-order valence-corrected chi connectivity index (χ1v) is 6.26. The summed E-state index contributed by atoms with van der Waals surface area (Å²) in [5.74, 6) is 1.73. The molecule has 0 aromatic carbocycles. The van der Waals surface area contributed by atoms with Gasteiger partial charge in [-0.1, -0.05) is 20.3 Å². The average molecular weight is 228 g/mol. The molecule has 1 heterocycles. The molecule has 1 fully saturated rings. The molecule has 2 rings (SSSR count). The molecule has 1 aromatic heterocycles. The third kappa shape index (κ3) is 2.17. The van der Waals surface area contributed by atoms with Gasteiger partial charge in [0.2, 0.25) is 5.28 Å². The minimum absolute atomic E-state index is 0.480. The van der Waals surface area contributed by atoms with Crippen LogP contribution in [0, 0.1) is 0 Å². The van der Waals surface area contributed by atoms with E-state index < -0.39 is 0 Å². The Balaban J connectivity index is 2.26. The second-order valence-electron chi connectivity index (χ2n) is 4.32. The van der Waals surface area contributed by atoms with Crippen molar-refractivity contribution in [1.29, 1.82) is 0 Å². The number of hydrogen-bond donors (Lipinski definition) is 0. The summed E-state index contributed by atoms with van der Waals surface area (Å²) in [6.07, 6.45) is 5.94. The minimum Gasteiger partial charge on any atom is -0.298 e. The Hall–Kier alpha value is -0.570. The first-order chi connectivity index (χ1) is 7.27. The van der Waals surface area contributed by atoms with Crippen LogP contribution in [-0.4, -0.2) is 14.8 Å². The first-order valence-electron chi connectivity index (χ1n) is 5.88. The number of nitrogens with zero attached hydrogens (tertiary/aromatic N) is 3.